The number of carbonyl (C=O) groups excluding carboxylic acids is 1. The quantitative estimate of drug-likeness (QED) is 0.913. The number of piperidine rings is 1. The van der Waals surface area contributed by atoms with Gasteiger partial charge in [0.15, 0.2) is 0 Å². The Balaban J connectivity index is 1.50. The zero-order valence-electron chi connectivity index (χ0n) is 15.1. The van der Waals surface area contributed by atoms with Crippen molar-refractivity contribution in [3.8, 4) is 0 Å². The van der Waals surface area contributed by atoms with Gasteiger partial charge in [0, 0.05) is 37.6 Å². The Bertz CT molecular complexity index is 594. The van der Waals surface area contributed by atoms with Gasteiger partial charge < -0.3 is 10.1 Å². The van der Waals surface area contributed by atoms with E-state index in [-0.39, 0.29) is 12.1 Å². The van der Waals surface area contributed by atoms with Crippen molar-refractivity contribution in [1.29, 1.82) is 0 Å². The highest BCUT2D eigenvalue weighted by Gasteiger charge is 2.39. The average Bonchev–Trinajstić information content (AvgIpc) is 3.12. The van der Waals surface area contributed by atoms with Gasteiger partial charge in [-0.05, 0) is 31.7 Å². The van der Waals surface area contributed by atoms with E-state index in [1.165, 1.54) is 18.4 Å². The lowest BCUT2D eigenvalue weighted by molar-refractivity contribution is -0.130. The van der Waals surface area contributed by atoms with Gasteiger partial charge in [-0.1, -0.05) is 30.3 Å². The molecule has 1 aromatic rings. The second-order valence-corrected chi connectivity index (χ2v) is 7.65. The van der Waals surface area contributed by atoms with E-state index in [2.05, 4.69) is 52.4 Å². The summed E-state index contributed by atoms with van der Waals surface area (Å²) >= 11 is 0. The molecular formula is C20H29N3O2. The zero-order chi connectivity index (χ0) is 17.2. The molecule has 3 aliphatic heterocycles. The van der Waals surface area contributed by atoms with Gasteiger partial charge in [-0.2, -0.15) is 0 Å². The molecule has 25 heavy (non-hydrogen) atoms. The third-order valence-corrected chi connectivity index (χ3v) is 6.01. The molecule has 4 rings (SSSR count). The van der Waals surface area contributed by atoms with E-state index in [0.717, 1.165) is 32.7 Å². The Kier molecular flexibility index (Phi) is 5.06. The molecule has 0 aromatic heterocycles. The topological polar surface area (TPSA) is 44.8 Å². The van der Waals surface area contributed by atoms with Gasteiger partial charge in [-0.15, -0.1) is 0 Å². The first kappa shape index (κ1) is 17.0. The molecule has 1 N–H and O–H groups in total. The highest BCUT2D eigenvalue weighted by Crippen LogP contribution is 2.35. The van der Waals surface area contributed by atoms with Crippen LogP contribution in [0.15, 0.2) is 30.3 Å². The molecule has 0 saturated carbocycles. The number of nitrogens with one attached hydrogen (secondary N) is 1. The molecule has 0 aliphatic carbocycles. The minimum absolute atomic E-state index is 0.147. The van der Waals surface area contributed by atoms with E-state index in [1.807, 2.05) is 0 Å². The number of amides is 1. The van der Waals surface area contributed by atoms with Crippen molar-refractivity contribution in [2.45, 2.75) is 56.9 Å². The van der Waals surface area contributed by atoms with Crippen LogP contribution in [0.4, 0.5) is 0 Å². The number of carbonyl (C=O) groups is 1. The summed E-state index contributed by atoms with van der Waals surface area (Å²) in [6.07, 6.45) is 4.15. The largest absolute Gasteiger partial charge is 0.379 e. The van der Waals surface area contributed by atoms with Crippen molar-refractivity contribution in [1.82, 2.24) is 15.1 Å². The fourth-order valence-corrected chi connectivity index (χ4v) is 4.81. The van der Waals surface area contributed by atoms with Crippen LogP contribution in [0.25, 0.3) is 0 Å². The molecule has 3 unspecified atom stereocenters. The summed E-state index contributed by atoms with van der Waals surface area (Å²) in [5.74, 6) is 0.193. The molecule has 3 heterocycles. The number of likely N-dealkylation sites (tertiary alicyclic amines) is 1. The fourth-order valence-electron chi connectivity index (χ4n) is 4.81. The van der Waals surface area contributed by atoms with Crippen LogP contribution >= 0.6 is 0 Å². The molecule has 0 spiro atoms. The minimum Gasteiger partial charge on any atom is -0.379 e. The van der Waals surface area contributed by atoms with Crippen molar-refractivity contribution < 1.29 is 9.53 Å². The predicted octanol–water partition coefficient (Wildman–Crippen LogP) is 2.15. The first-order chi connectivity index (χ1) is 12.2. The molecule has 0 radical (unpaired) electrons. The second kappa shape index (κ2) is 7.44. The number of rotatable bonds is 3. The Morgan fingerprint density at radius 3 is 2.80 bits per heavy atom. The monoisotopic (exact) mass is 343 g/mol. The van der Waals surface area contributed by atoms with Gasteiger partial charge in [-0.25, -0.2) is 0 Å². The van der Waals surface area contributed by atoms with Crippen LogP contribution < -0.4 is 5.32 Å². The van der Waals surface area contributed by atoms with Crippen molar-refractivity contribution in [3.63, 3.8) is 0 Å². The first-order valence-corrected chi connectivity index (χ1v) is 9.66. The summed E-state index contributed by atoms with van der Waals surface area (Å²) in [5, 5.41) is 3.27. The van der Waals surface area contributed by atoms with Crippen LogP contribution in [-0.4, -0.2) is 60.3 Å². The molecule has 3 fully saturated rings. The maximum Gasteiger partial charge on any atom is 0.222 e. The van der Waals surface area contributed by atoms with E-state index in [4.69, 9.17) is 4.74 Å². The number of nitrogens with zero attached hydrogens (tertiary/aromatic N) is 2. The standard InChI is InChI=1S/C20H29N3O2/c1-15-14-25-11-10-22(15)17-12-19(21-20(24)13-17)23-9-5-8-18(23)16-6-3-2-4-7-16/h2-4,6-7,15,17-19H,5,8-14H2,1H3,(H,21,24)/t15-,17?,18?,19?/m1/s1. The van der Waals surface area contributed by atoms with Crippen LogP contribution in [-0.2, 0) is 9.53 Å². The molecule has 1 aromatic carbocycles. The SMILES string of the molecule is C[C@@H]1COCCN1C1CC(=O)NC(N2CCCC2c2ccccc2)C1. The summed E-state index contributed by atoms with van der Waals surface area (Å²) in [5.41, 5.74) is 1.37. The molecule has 5 nitrogen and oxygen atoms in total. The third-order valence-electron chi connectivity index (χ3n) is 6.01. The second-order valence-electron chi connectivity index (χ2n) is 7.65. The lowest BCUT2D eigenvalue weighted by Gasteiger charge is -2.45. The van der Waals surface area contributed by atoms with Gasteiger partial charge in [0.1, 0.15) is 0 Å². The minimum atomic E-state index is 0.147. The molecule has 3 aliphatic rings. The fraction of sp³-hybridized carbons (Fsp3) is 0.650. The number of morpholine rings is 1. The van der Waals surface area contributed by atoms with E-state index in [1.54, 1.807) is 0 Å². The smallest absolute Gasteiger partial charge is 0.222 e. The van der Waals surface area contributed by atoms with Crippen LogP contribution in [0, 0.1) is 0 Å². The maximum atomic E-state index is 12.4. The van der Waals surface area contributed by atoms with Gasteiger partial charge in [0.05, 0.1) is 19.4 Å². The summed E-state index contributed by atoms with van der Waals surface area (Å²) in [6, 6.07) is 11.9. The highest BCUT2D eigenvalue weighted by molar-refractivity contribution is 5.77. The molecule has 5 heteroatoms. The van der Waals surface area contributed by atoms with Crippen molar-refractivity contribution in [2.75, 3.05) is 26.3 Å². The lowest BCUT2D eigenvalue weighted by atomic mass is 9.97. The van der Waals surface area contributed by atoms with Crippen molar-refractivity contribution in [2.24, 2.45) is 0 Å². The van der Waals surface area contributed by atoms with Crippen LogP contribution in [0.3, 0.4) is 0 Å². The molecule has 3 saturated heterocycles. The van der Waals surface area contributed by atoms with Gasteiger partial charge in [0.2, 0.25) is 5.91 Å². The number of hydrogen-bond donors (Lipinski definition) is 1. The Hall–Kier alpha value is -1.43. The van der Waals surface area contributed by atoms with E-state index < -0.39 is 0 Å². The van der Waals surface area contributed by atoms with Gasteiger partial charge in [0.25, 0.3) is 0 Å². The summed E-state index contributed by atoms with van der Waals surface area (Å²) in [6.45, 7) is 5.77. The lowest BCUT2D eigenvalue weighted by Crippen LogP contribution is -2.59. The summed E-state index contributed by atoms with van der Waals surface area (Å²) in [4.78, 5) is 17.4. The third kappa shape index (κ3) is 3.59. The number of ether oxygens (including phenoxy) is 1. The first-order valence-electron chi connectivity index (χ1n) is 9.66. The van der Waals surface area contributed by atoms with E-state index in [9.17, 15) is 4.79 Å². The van der Waals surface area contributed by atoms with Crippen LogP contribution in [0.5, 0.6) is 0 Å². The zero-order valence-corrected chi connectivity index (χ0v) is 15.1. The molecule has 0 bridgehead atoms. The predicted molar refractivity (Wildman–Crippen MR) is 97.1 cm³/mol. The van der Waals surface area contributed by atoms with E-state index in [0.29, 0.717) is 24.5 Å². The number of benzene rings is 1. The molecular weight excluding hydrogens is 314 g/mol. The van der Waals surface area contributed by atoms with Gasteiger partial charge in [-0.3, -0.25) is 14.6 Å². The summed E-state index contributed by atoms with van der Waals surface area (Å²) in [7, 11) is 0. The normalized spacial score (nSPS) is 34.8. The number of hydrogen-bond acceptors (Lipinski definition) is 4. The van der Waals surface area contributed by atoms with E-state index >= 15 is 0 Å². The van der Waals surface area contributed by atoms with Gasteiger partial charge >= 0.3 is 0 Å². The summed E-state index contributed by atoms with van der Waals surface area (Å²) < 4.78 is 5.58. The molecule has 4 atom stereocenters. The maximum absolute atomic E-state index is 12.4. The van der Waals surface area contributed by atoms with Crippen LogP contribution in [0.1, 0.15) is 44.2 Å². The average molecular weight is 343 g/mol. The Morgan fingerprint density at radius 2 is 2.00 bits per heavy atom. The van der Waals surface area contributed by atoms with Crippen LogP contribution in [0.2, 0.25) is 0 Å². The Morgan fingerprint density at radius 1 is 1.16 bits per heavy atom. The highest BCUT2D eigenvalue weighted by atomic mass is 16.5. The van der Waals surface area contributed by atoms with Crippen molar-refractivity contribution >= 4 is 5.91 Å². The van der Waals surface area contributed by atoms with Crippen molar-refractivity contribution in [3.05, 3.63) is 35.9 Å². The Labute approximate surface area is 150 Å². The molecule has 1 amide bonds. The molecule has 136 valence electrons.